The molecule has 0 fully saturated rings. The van der Waals surface area contributed by atoms with Crippen LogP contribution in [-0.2, 0) is 4.74 Å². The lowest BCUT2D eigenvalue weighted by Gasteiger charge is -1.94. The van der Waals surface area contributed by atoms with E-state index >= 15 is 0 Å². The first kappa shape index (κ1) is 6.27. The first-order chi connectivity index (χ1) is 3.31. The monoisotopic (exact) mass is 103 g/mol. The van der Waals surface area contributed by atoms with Crippen LogP contribution >= 0.6 is 0 Å². The normalized spacial score (nSPS) is 11.4. The van der Waals surface area contributed by atoms with E-state index < -0.39 is 0 Å². The molecular weight excluding hydrogens is 94.0 g/mol. The average Bonchev–Trinajstić information content (AvgIpc) is 1.68. The number of oxime groups is 1. The lowest BCUT2D eigenvalue weighted by atomic mass is 10.7. The van der Waals surface area contributed by atoms with E-state index in [1.165, 1.54) is 0 Å². The zero-order chi connectivity index (χ0) is 5.70. The minimum absolute atomic E-state index is 0.308. The maximum Gasteiger partial charge on any atom is 0.222 e. The van der Waals surface area contributed by atoms with Crippen molar-refractivity contribution in [3.63, 3.8) is 0 Å². The predicted molar refractivity (Wildman–Crippen MR) is 26.5 cm³/mol. The number of rotatable bonds is 1. The third-order valence-corrected chi connectivity index (χ3v) is 0.494. The molecule has 0 rings (SSSR count). The summed E-state index contributed by atoms with van der Waals surface area (Å²) in [5.74, 6) is 0.308. The van der Waals surface area contributed by atoms with Crippen LogP contribution in [-0.4, -0.2) is 17.7 Å². The fraction of sp³-hybridized carbons (Fsp3) is 0.750. The quantitative estimate of drug-likeness (QED) is 0.231. The maximum atomic E-state index is 7.93. The van der Waals surface area contributed by atoms with E-state index in [1.807, 2.05) is 6.92 Å². The van der Waals surface area contributed by atoms with Crippen molar-refractivity contribution in [3.8, 4) is 0 Å². The SMILES string of the molecule is CCOC(C)=NO. The lowest BCUT2D eigenvalue weighted by molar-refractivity contribution is 0.263. The van der Waals surface area contributed by atoms with Gasteiger partial charge in [0, 0.05) is 6.92 Å². The van der Waals surface area contributed by atoms with E-state index in [1.54, 1.807) is 6.92 Å². The van der Waals surface area contributed by atoms with Gasteiger partial charge in [-0.3, -0.25) is 0 Å². The standard InChI is InChI=1S/C4H9NO2/c1-3-7-4(2)5-6/h6H,3H2,1-2H3. The molecule has 0 radical (unpaired) electrons. The van der Waals surface area contributed by atoms with Gasteiger partial charge in [-0.2, -0.15) is 0 Å². The lowest BCUT2D eigenvalue weighted by Crippen LogP contribution is -1.96. The van der Waals surface area contributed by atoms with Crippen LogP contribution in [0, 0.1) is 0 Å². The highest BCUT2D eigenvalue weighted by Gasteiger charge is 1.82. The molecule has 0 amide bonds. The molecule has 0 spiro atoms. The highest BCUT2D eigenvalue weighted by molar-refractivity contribution is 5.72. The van der Waals surface area contributed by atoms with Gasteiger partial charge in [0.25, 0.3) is 0 Å². The molecular formula is C4H9NO2. The third-order valence-electron chi connectivity index (χ3n) is 0.494. The zero-order valence-corrected chi connectivity index (χ0v) is 4.51. The summed E-state index contributed by atoms with van der Waals surface area (Å²) in [5.41, 5.74) is 0. The molecule has 3 heteroatoms. The van der Waals surface area contributed by atoms with Gasteiger partial charge in [0.1, 0.15) is 0 Å². The van der Waals surface area contributed by atoms with E-state index in [9.17, 15) is 0 Å². The number of hydrogen-bond acceptors (Lipinski definition) is 3. The summed E-state index contributed by atoms with van der Waals surface area (Å²) < 4.78 is 4.69. The van der Waals surface area contributed by atoms with Crippen molar-refractivity contribution in [1.82, 2.24) is 0 Å². The Morgan fingerprint density at radius 1 is 1.86 bits per heavy atom. The highest BCUT2D eigenvalue weighted by Crippen LogP contribution is 1.75. The zero-order valence-electron chi connectivity index (χ0n) is 4.51. The molecule has 0 heterocycles. The van der Waals surface area contributed by atoms with Crippen LogP contribution in [0.3, 0.4) is 0 Å². The van der Waals surface area contributed by atoms with Gasteiger partial charge < -0.3 is 9.94 Å². The fourth-order valence-electron chi connectivity index (χ4n) is 0.238. The summed E-state index contributed by atoms with van der Waals surface area (Å²) in [6.07, 6.45) is 0. The van der Waals surface area contributed by atoms with E-state index in [0.717, 1.165) is 0 Å². The molecule has 3 nitrogen and oxygen atoms in total. The van der Waals surface area contributed by atoms with Crippen LogP contribution in [0.15, 0.2) is 5.16 Å². The third kappa shape index (κ3) is 3.09. The topological polar surface area (TPSA) is 41.8 Å². The number of hydrogen-bond donors (Lipinski definition) is 1. The Morgan fingerprint density at radius 2 is 2.43 bits per heavy atom. The Balaban J connectivity index is 3.17. The van der Waals surface area contributed by atoms with Gasteiger partial charge in [0.2, 0.25) is 5.90 Å². The van der Waals surface area contributed by atoms with Crippen molar-refractivity contribution >= 4 is 5.90 Å². The van der Waals surface area contributed by atoms with Gasteiger partial charge in [-0.15, -0.1) is 0 Å². The van der Waals surface area contributed by atoms with Crippen LogP contribution in [0.2, 0.25) is 0 Å². The molecule has 42 valence electrons. The number of nitrogens with zero attached hydrogens (tertiary/aromatic N) is 1. The number of ether oxygens (including phenoxy) is 1. The molecule has 0 unspecified atom stereocenters. The Hall–Kier alpha value is -0.730. The summed E-state index contributed by atoms with van der Waals surface area (Å²) in [6, 6.07) is 0. The summed E-state index contributed by atoms with van der Waals surface area (Å²) in [5, 5.41) is 10.7. The van der Waals surface area contributed by atoms with Crippen LogP contribution in [0.4, 0.5) is 0 Å². The van der Waals surface area contributed by atoms with Crippen molar-refractivity contribution < 1.29 is 9.94 Å². The van der Waals surface area contributed by atoms with Crippen LogP contribution in [0.1, 0.15) is 13.8 Å². The smallest absolute Gasteiger partial charge is 0.222 e. The average molecular weight is 103 g/mol. The molecule has 0 aromatic heterocycles. The Bertz CT molecular complexity index is 70.1. The summed E-state index contributed by atoms with van der Waals surface area (Å²) in [4.78, 5) is 0. The summed E-state index contributed by atoms with van der Waals surface area (Å²) in [7, 11) is 0. The fourth-order valence-corrected chi connectivity index (χ4v) is 0.238. The molecule has 0 aliphatic heterocycles. The Labute approximate surface area is 42.6 Å². The Kier molecular flexibility index (Phi) is 3.10. The van der Waals surface area contributed by atoms with E-state index in [2.05, 4.69) is 5.16 Å². The first-order valence-electron chi connectivity index (χ1n) is 2.12. The molecule has 0 bridgehead atoms. The van der Waals surface area contributed by atoms with Gasteiger partial charge >= 0.3 is 0 Å². The van der Waals surface area contributed by atoms with Gasteiger partial charge in [-0.1, -0.05) is 5.16 Å². The van der Waals surface area contributed by atoms with Crippen molar-refractivity contribution in [2.24, 2.45) is 5.16 Å². The second-order valence-corrected chi connectivity index (χ2v) is 1.05. The summed E-state index contributed by atoms with van der Waals surface area (Å²) >= 11 is 0. The van der Waals surface area contributed by atoms with Gasteiger partial charge in [0.05, 0.1) is 6.61 Å². The molecule has 0 atom stereocenters. The second kappa shape index (κ2) is 3.46. The predicted octanol–water partition coefficient (Wildman–Crippen LogP) is 0.831. The van der Waals surface area contributed by atoms with Gasteiger partial charge in [0.15, 0.2) is 0 Å². The molecule has 1 N–H and O–H groups in total. The molecule has 0 saturated heterocycles. The van der Waals surface area contributed by atoms with E-state index in [4.69, 9.17) is 9.94 Å². The second-order valence-electron chi connectivity index (χ2n) is 1.05. The molecule has 0 saturated carbocycles. The van der Waals surface area contributed by atoms with E-state index in [0.29, 0.717) is 12.5 Å². The maximum absolute atomic E-state index is 7.93. The molecule has 0 aromatic rings. The minimum Gasteiger partial charge on any atom is -0.479 e. The molecule has 0 aromatic carbocycles. The van der Waals surface area contributed by atoms with Crippen molar-refractivity contribution in [3.05, 3.63) is 0 Å². The summed E-state index contributed by atoms with van der Waals surface area (Å²) in [6.45, 7) is 3.97. The largest absolute Gasteiger partial charge is 0.479 e. The van der Waals surface area contributed by atoms with Crippen molar-refractivity contribution in [1.29, 1.82) is 0 Å². The van der Waals surface area contributed by atoms with Crippen molar-refractivity contribution in [2.75, 3.05) is 6.61 Å². The molecule has 7 heavy (non-hydrogen) atoms. The minimum atomic E-state index is 0.308. The Morgan fingerprint density at radius 3 is 2.57 bits per heavy atom. The van der Waals surface area contributed by atoms with E-state index in [-0.39, 0.29) is 0 Å². The first-order valence-corrected chi connectivity index (χ1v) is 2.12. The van der Waals surface area contributed by atoms with Crippen molar-refractivity contribution in [2.45, 2.75) is 13.8 Å². The highest BCUT2D eigenvalue weighted by atomic mass is 16.5. The molecule has 0 aliphatic rings. The molecule has 0 aliphatic carbocycles. The van der Waals surface area contributed by atoms with Crippen LogP contribution < -0.4 is 0 Å². The van der Waals surface area contributed by atoms with Crippen LogP contribution in [0.5, 0.6) is 0 Å². The van der Waals surface area contributed by atoms with Crippen LogP contribution in [0.25, 0.3) is 0 Å². The van der Waals surface area contributed by atoms with Gasteiger partial charge in [-0.25, -0.2) is 0 Å². The van der Waals surface area contributed by atoms with Gasteiger partial charge in [-0.05, 0) is 6.92 Å².